The minimum atomic E-state index is -4.01. The molecule has 4 amide bonds. The van der Waals surface area contributed by atoms with Gasteiger partial charge in [0.05, 0.1) is 17.9 Å². The summed E-state index contributed by atoms with van der Waals surface area (Å²) < 4.78 is 40.2. The molecule has 304 valence electrons. The maximum atomic E-state index is 15.1. The SMILES string of the molecule is C[C@@H]1CCC=C[C@@H]2C[C@@]2(C(=O)NS(=O)(=O)C2(C)CC2)NC(=O)[C@@H]2C[C@@H](Oc3nc4c(c5ccccc35)CCCO4)CN2C(=O)[C@@H](N(C(=O)O)C(C)(C)C)[C@H](C)C1. The maximum Gasteiger partial charge on any atom is 0.408 e. The Morgan fingerprint density at radius 1 is 1.12 bits per heavy atom. The number of aromatic nitrogens is 1. The van der Waals surface area contributed by atoms with Crippen molar-refractivity contribution < 1.29 is 42.2 Å². The zero-order valence-electron chi connectivity index (χ0n) is 33.2. The summed E-state index contributed by atoms with van der Waals surface area (Å²) in [5.74, 6) is -2.00. The van der Waals surface area contributed by atoms with Crippen molar-refractivity contribution in [3.63, 3.8) is 0 Å². The third-order valence-electron chi connectivity index (χ3n) is 12.4. The van der Waals surface area contributed by atoms with E-state index in [4.69, 9.17) is 14.5 Å². The minimum Gasteiger partial charge on any atom is -0.477 e. The molecular weight excluding hydrogens is 739 g/mol. The first kappa shape index (κ1) is 39.8. The summed E-state index contributed by atoms with van der Waals surface area (Å²) >= 11 is 0. The lowest BCUT2D eigenvalue weighted by Crippen LogP contribution is -2.62. The zero-order valence-corrected chi connectivity index (χ0v) is 34.0. The van der Waals surface area contributed by atoms with Crippen LogP contribution in [0.3, 0.4) is 0 Å². The molecule has 0 bridgehead atoms. The number of hydrogen-bond acceptors (Lipinski definition) is 9. The average molecular weight is 794 g/mol. The number of carbonyl (C=O) groups excluding carboxylic acids is 3. The Hall–Kier alpha value is -4.40. The molecule has 3 N–H and O–H groups in total. The molecule has 3 fully saturated rings. The first-order chi connectivity index (χ1) is 26.3. The predicted molar refractivity (Wildman–Crippen MR) is 208 cm³/mol. The first-order valence-electron chi connectivity index (χ1n) is 19.9. The maximum absolute atomic E-state index is 15.1. The van der Waals surface area contributed by atoms with Crippen LogP contribution < -0.4 is 19.5 Å². The topological polar surface area (TPSA) is 185 Å². The van der Waals surface area contributed by atoms with E-state index in [1.807, 2.05) is 43.3 Å². The summed E-state index contributed by atoms with van der Waals surface area (Å²) in [6.45, 7) is 11.2. The molecule has 1 aromatic carbocycles. The van der Waals surface area contributed by atoms with Gasteiger partial charge >= 0.3 is 6.09 Å². The van der Waals surface area contributed by atoms with Gasteiger partial charge in [0, 0.05) is 28.8 Å². The fourth-order valence-corrected chi connectivity index (χ4v) is 10.2. The third-order valence-corrected chi connectivity index (χ3v) is 14.6. The van der Waals surface area contributed by atoms with Crippen molar-refractivity contribution >= 4 is 44.6 Å². The summed E-state index contributed by atoms with van der Waals surface area (Å²) in [5, 5.41) is 15.2. The van der Waals surface area contributed by atoms with E-state index in [1.165, 1.54) is 9.80 Å². The molecule has 1 aromatic heterocycles. The highest BCUT2D eigenvalue weighted by atomic mass is 32.2. The van der Waals surface area contributed by atoms with Gasteiger partial charge in [-0.05, 0) is 102 Å². The number of sulfonamides is 1. The number of amides is 4. The molecule has 56 heavy (non-hydrogen) atoms. The van der Waals surface area contributed by atoms with Crippen molar-refractivity contribution in [3.8, 4) is 11.8 Å². The van der Waals surface area contributed by atoms with Crippen LogP contribution in [0, 0.1) is 17.8 Å². The monoisotopic (exact) mass is 793 g/mol. The van der Waals surface area contributed by atoms with Gasteiger partial charge in [0.15, 0.2) is 0 Å². The van der Waals surface area contributed by atoms with Crippen LogP contribution in [-0.2, 0) is 30.8 Å². The lowest BCUT2D eigenvalue weighted by atomic mass is 9.85. The van der Waals surface area contributed by atoms with Crippen molar-refractivity contribution in [1.29, 1.82) is 0 Å². The van der Waals surface area contributed by atoms with Crippen LogP contribution in [0.2, 0.25) is 0 Å². The van der Waals surface area contributed by atoms with Crippen molar-refractivity contribution in [3.05, 3.63) is 42.0 Å². The molecule has 4 heterocycles. The number of benzene rings is 1. The number of pyridine rings is 1. The molecule has 7 atom stereocenters. The normalized spacial score (nSPS) is 30.4. The molecule has 1 saturated heterocycles. The zero-order chi connectivity index (χ0) is 40.4. The van der Waals surface area contributed by atoms with Gasteiger partial charge in [-0.1, -0.05) is 44.2 Å². The van der Waals surface area contributed by atoms with E-state index in [9.17, 15) is 27.9 Å². The van der Waals surface area contributed by atoms with E-state index in [2.05, 4.69) is 17.0 Å². The lowest BCUT2D eigenvalue weighted by Gasteiger charge is -2.43. The van der Waals surface area contributed by atoms with Gasteiger partial charge in [-0.25, -0.2) is 13.2 Å². The van der Waals surface area contributed by atoms with E-state index < -0.39 is 79.7 Å². The second-order valence-electron chi connectivity index (χ2n) is 17.9. The number of hydrogen-bond donors (Lipinski definition) is 3. The van der Waals surface area contributed by atoms with Gasteiger partial charge in [0.2, 0.25) is 33.6 Å². The number of ether oxygens (including phenoxy) is 2. The molecule has 0 unspecified atom stereocenters. The van der Waals surface area contributed by atoms with Crippen molar-refractivity contribution in [2.75, 3.05) is 13.2 Å². The molecule has 7 rings (SSSR count). The van der Waals surface area contributed by atoms with Gasteiger partial charge in [-0.3, -0.25) is 24.0 Å². The lowest BCUT2D eigenvalue weighted by molar-refractivity contribution is -0.146. The molecule has 2 aromatic rings. The summed E-state index contributed by atoms with van der Waals surface area (Å²) in [6, 6.07) is 5.40. The Balaban J connectivity index is 1.27. The van der Waals surface area contributed by atoms with Crippen LogP contribution in [0.25, 0.3) is 10.8 Å². The molecule has 14 nitrogen and oxygen atoms in total. The predicted octanol–water partition coefficient (Wildman–Crippen LogP) is 4.94. The van der Waals surface area contributed by atoms with Gasteiger partial charge in [-0.2, -0.15) is 4.98 Å². The Morgan fingerprint density at radius 2 is 1.84 bits per heavy atom. The largest absolute Gasteiger partial charge is 0.477 e. The first-order valence-corrected chi connectivity index (χ1v) is 21.4. The molecule has 5 aliphatic rings. The molecule has 2 saturated carbocycles. The van der Waals surface area contributed by atoms with E-state index in [0.717, 1.165) is 35.6 Å². The van der Waals surface area contributed by atoms with Crippen molar-refractivity contribution in [1.82, 2.24) is 24.8 Å². The van der Waals surface area contributed by atoms with Gasteiger partial charge < -0.3 is 24.8 Å². The standard InChI is InChI=1S/C41H55N5O9S/c1-24-12-7-8-13-26-22-41(26,37(49)44-56(52,53)40(6)17-18-40)43-33(47)31-21-27(23-45(31)36(48)32(25(2)20-24)46(38(50)51)39(3,4)5)55-35-30-15-10-9-14-28(30)29-16-11-19-54-34(29)42-35/h8-10,13-15,24-27,31-32H,7,11-12,16-23H2,1-6H3,(H,43,47)(H,44,49)(H,50,51)/t24-,25-,26-,27-,31+,32+,41-/m1/s1. The number of fused-ring (bicyclic) bond motifs is 5. The highest BCUT2D eigenvalue weighted by molar-refractivity contribution is 7.91. The number of nitrogens with one attached hydrogen (secondary N) is 2. The summed E-state index contributed by atoms with van der Waals surface area (Å²) in [4.78, 5) is 64.1. The van der Waals surface area contributed by atoms with Crippen LogP contribution in [0.1, 0.15) is 98.5 Å². The second-order valence-corrected chi connectivity index (χ2v) is 20.1. The smallest absolute Gasteiger partial charge is 0.408 e. The number of nitrogens with zero attached hydrogens (tertiary/aromatic N) is 3. The number of rotatable bonds is 6. The van der Waals surface area contributed by atoms with E-state index in [-0.39, 0.29) is 25.3 Å². The van der Waals surface area contributed by atoms with Gasteiger partial charge in [0.25, 0.3) is 5.91 Å². The minimum absolute atomic E-state index is 0.0141. The number of carboxylic acid groups (broad SMARTS) is 1. The molecule has 0 spiro atoms. The fraction of sp³-hybridized carbons (Fsp3) is 0.634. The molecule has 0 radical (unpaired) electrons. The molecule has 15 heteroatoms. The van der Waals surface area contributed by atoms with E-state index in [0.29, 0.717) is 44.1 Å². The third kappa shape index (κ3) is 7.43. The highest BCUT2D eigenvalue weighted by Crippen LogP contribution is 2.48. The number of carbonyl (C=O) groups is 4. The van der Waals surface area contributed by atoms with Crippen molar-refractivity contribution in [2.45, 2.75) is 133 Å². The molecule has 3 aliphatic heterocycles. The Labute approximate surface area is 328 Å². The second kappa shape index (κ2) is 14.5. The number of allylic oxidation sites excluding steroid dienone is 1. The Kier molecular flexibility index (Phi) is 10.3. The van der Waals surface area contributed by atoms with E-state index >= 15 is 4.79 Å². The van der Waals surface area contributed by atoms with Crippen LogP contribution in [0.5, 0.6) is 11.8 Å². The summed E-state index contributed by atoms with van der Waals surface area (Å²) in [5.41, 5.74) is -1.53. The van der Waals surface area contributed by atoms with Gasteiger partial charge in [-0.15, -0.1) is 0 Å². The fourth-order valence-electron chi connectivity index (χ4n) is 8.86. The Bertz CT molecular complexity index is 2060. The summed E-state index contributed by atoms with van der Waals surface area (Å²) in [7, 11) is -4.01. The van der Waals surface area contributed by atoms with Crippen LogP contribution in [-0.4, -0.2) is 99.3 Å². The highest BCUT2D eigenvalue weighted by Gasteiger charge is 2.63. The summed E-state index contributed by atoms with van der Waals surface area (Å²) in [6.07, 6.45) is 6.48. The molecular formula is C41H55N5O9S. The number of aryl methyl sites for hydroxylation is 1. The van der Waals surface area contributed by atoms with Crippen LogP contribution >= 0.6 is 0 Å². The van der Waals surface area contributed by atoms with Gasteiger partial charge in [0.1, 0.15) is 23.7 Å². The van der Waals surface area contributed by atoms with Crippen LogP contribution in [0.15, 0.2) is 36.4 Å². The Morgan fingerprint density at radius 3 is 2.52 bits per heavy atom. The van der Waals surface area contributed by atoms with E-state index in [1.54, 1.807) is 27.7 Å². The van der Waals surface area contributed by atoms with Crippen molar-refractivity contribution in [2.24, 2.45) is 17.8 Å². The van der Waals surface area contributed by atoms with Crippen LogP contribution in [0.4, 0.5) is 4.79 Å². The average Bonchev–Trinajstić information content (AvgIpc) is 4.01. The quantitative estimate of drug-likeness (QED) is 0.339. The molecule has 2 aliphatic carbocycles.